The van der Waals surface area contributed by atoms with Crippen LogP contribution in [0.2, 0.25) is 0 Å². The van der Waals surface area contributed by atoms with Crippen LogP contribution in [0.5, 0.6) is 0 Å². The number of aromatic amines is 1. The van der Waals surface area contributed by atoms with Crippen LogP contribution in [0.3, 0.4) is 0 Å². The van der Waals surface area contributed by atoms with Crippen LogP contribution in [0.15, 0.2) is 29.1 Å². The number of para-hydroxylation sites is 1. The third-order valence-corrected chi connectivity index (χ3v) is 2.26. The molecule has 2 rings (SSSR count). The van der Waals surface area contributed by atoms with Crippen LogP contribution in [0, 0.1) is 5.92 Å². The lowest BCUT2D eigenvalue weighted by atomic mass is 10.1. The summed E-state index contributed by atoms with van der Waals surface area (Å²) in [6.45, 7) is 4.21. The van der Waals surface area contributed by atoms with E-state index in [4.69, 9.17) is 0 Å². The van der Waals surface area contributed by atoms with Crippen molar-refractivity contribution in [1.82, 2.24) is 9.97 Å². The van der Waals surface area contributed by atoms with Crippen molar-refractivity contribution in [2.24, 2.45) is 5.92 Å². The minimum absolute atomic E-state index is 0.0451. The van der Waals surface area contributed by atoms with E-state index in [1.807, 2.05) is 18.2 Å². The molecule has 0 bridgehead atoms. The van der Waals surface area contributed by atoms with Gasteiger partial charge in [-0.1, -0.05) is 26.0 Å². The van der Waals surface area contributed by atoms with Gasteiger partial charge < -0.3 is 4.98 Å². The fraction of sp³-hybridized carbons (Fsp3) is 0.333. The molecular weight excluding hydrogens is 188 g/mol. The van der Waals surface area contributed by atoms with E-state index in [0.29, 0.717) is 11.3 Å². The molecule has 0 aliphatic rings. The summed E-state index contributed by atoms with van der Waals surface area (Å²) in [7, 11) is 0. The Morgan fingerprint density at radius 2 is 2.07 bits per heavy atom. The lowest BCUT2D eigenvalue weighted by Gasteiger charge is -2.04. The van der Waals surface area contributed by atoms with Crippen molar-refractivity contribution in [3.8, 4) is 0 Å². The molecule has 0 unspecified atom stereocenters. The summed E-state index contributed by atoms with van der Waals surface area (Å²) in [6.07, 6.45) is 0.806. The normalized spacial score (nSPS) is 11.1. The van der Waals surface area contributed by atoms with Crippen LogP contribution in [0.1, 0.15) is 19.7 Å². The van der Waals surface area contributed by atoms with E-state index in [1.54, 1.807) is 6.07 Å². The maximum Gasteiger partial charge on any atom is 0.258 e. The second-order valence-electron chi connectivity index (χ2n) is 4.13. The zero-order valence-electron chi connectivity index (χ0n) is 8.95. The topological polar surface area (TPSA) is 45.8 Å². The zero-order chi connectivity index (χ0) is 10.8. The molecule has 0 spiro atoms. The third kappa shape index (κ3) is 2.06. The van der Waals surface area contributed by atoms with Crippen LogP contribution in [-0.2, 0) is 6.42 Å². The van der Waals surface area contributed by atoms with E-state index in [0.717, 1.165) is 17.8 Å². The van der Waals surface area contributed by atoms with Gasteiger partial charge in [-0.15, -0.1) is 0 Å². The van der Waals surface area contributed by atoms with Gasteiger partial charge in [0.1, 0.15) is 5.82 Å². The van der Waals surface area contributed by atoms with Crippen LogP contribution in [0.25, 0.3) is 10.9 Å². The number of nitrogens with one attached hydrogen (secondary N) is 1. The highest BCUT2D eigenvalue weighted by Crippen LogP contribution is 2.07. The molecule has 15 heavy (non-hydrogen) atoms. The first-order chi connectivity index (χ1) is 7.16. The minimum Gasteiger partial charge on any atom is -0.310 e. The van der Waals surface area contributed by atoms with Gasteiger partial charge in [0.25, 0.3) is 5.56 Å². The van der Waals surface area contributed by atoms with Gasteiger partial charge in [0.2, 0.25) is 0 Å². The van der Waals surface area contributed by atoms with E-state index >= 15 is 0 Å². The molecule has 0 aliphatic carbocycles. The van der Waals surface area contributed by atoms with Gasteiger partial charge in [0.05, 0.1) is 10.9 Å². The van der Waals surface area contributed by atoms with Crippen molar-refractivity contribution in [2.75, 3.05) is 0 Å². The average Bonchev–Trinajstić information content (AvgIpc) is 2.16. The fourth-order valence-electron chi connectivity index (χ4n) is 1.62. The molecule has 1 N–H and O–H groups in total. The Hall–Kier alpha value is -1.64. The van der Waals surface area contributed by atoms with Crippen LogP contribution >= 0.6 is 0 Å². The number of fused-ring (bicyclic) bond motifs is 1. The number of hydrogen-bond acceptors (Lipinski definition) is 2. The summed E-state index contributed by atoms with van der Waals surface area (Å²) in [5.74, 6) is 1.27. The molecule has 3 heteroatoms. The molecule has 1 heterocycles. The van der Waals surface area contributed by atoms with Crippen LogP contribution < -0.4 is 5.56 Å². The van der Waals surface area contributed by atoms with Gasteiger partial charge in [-0.2, -0.15) is 0 Å². The molecule has 1 aromatic heterocycles. The number of aromatic nitrogens is 2. The molecule has 0 saturated heterocycles. The van der Waals surface area contributed by atoms with Gasteiger partial charge in [0.15, 0.2) is 0 Å². The first-order valence-corrected chi connectivity index (χ1v) is 5.15. The minimum atomic E-state index is -0.0451. The molecule has 0 saturated carbocycles. The molecule has 2 aromatic rings. The Balaban J connectivity index is 2.57. The third-order valence-electron chi connectivity index (χ3n) is 2.26. The number of H-pyrrole nitrogens is 1. The Labute approximate surface area is 88.2 Å². The lowest BCUT2D eigenvalue weighted by molar-refractivity contribution is 0.621. The monoisotopic (exact) mass is 202 g/mol. The van der Waals surface area contributed by atoms with Crippen molar-refractivity contribution in [1.29, 1.82) is 0 Å². The highest BCUT2D eigenvalue weighted by Gasteiger charge is 2.04. The molecule has 0 fully saturated rings. The summed E-state index contributed by atoms with van der Waals surface area (Å²) in [6, 6.07) is 7.41. The van der Waals surface area contributed by atoms with Crippen molar-refractivity contribution in [3.05, 3.63) is 40.4 Å². The maximum atomic E-state index is 11.7. The highest BCUT2D eigenvalue weighted by atomic mass is 16.1. The largest absolute Gasteiger partial charge is 0.310 e. The van der Waals surface area contributed by atoms with Gasteiger partial charge in [-0.3, -0.25) is 4.79 Å². The summed E-state index contributed by atoms with van der Waals surface area (Å²) < 4.78 is 0. The van der Waals surface area contributed by atoms with Crippen LogP contribution in [0.4, 0.5) is 0 Å². The average molecular weight is 202 g/mol. The quantitative estimate of drug-likeness (QED) is 0.810. The Kier molecular flexibility index (Phi) is 2.54. The van der Waals surface area contributed by atoms with E-state index in [1.165, 1.54) is 0 Å². The van der Waals surface area contributed by atoms with Crippen molar-refractivity contribution in [2.45, 2.75) is 20.3 Å². The van der Waals surface area contributed by atoms with Crippen molar-refractivity contribution in [3.63, 3.8) is 0 Å². The first kappa shape index (κ1) is 9.90. The number of nitrogens with zero attached hydrogens (tertiary/aromatic N) is 1. The SMILES string of the molecule is CC(C)Cc1nc2ccccc2c(=O)[nH]1. The molecule has 0 amide bonds. The van der Waals surface area contributed by atoms with E-state index in [2.05, 4.69) is 23.8 Å². The summed E-state index contributed by atoms with van der Waals surface area (Å²) in [5.41, 5.74) is 0.730. The summed E-state index contributed by atoms with van der Waals surface area (Å²) in [5, 5.41) is 0.657. The maximum absolute atomic E-state index is 11.7. The standard InChI is InChI=1S/C12H14N2O/c1-8(2)7-11-13-10-6-4-3-5-9(10)12(15)14-11/h3-6,8H,7H2,1-2H3,(H,13,14,15). The van der Waals surface area contributed by atoms with Crippen LogP contribution in [-0.4, -0.2) is 9.97 Å². The smallest absolute Gasteiger partial charge is 0.258 e. The van der Waals surface area contributed by atoms with Gasteiger partial charge >= 0.3 is 0 Å². The predicted molar refractivity (Wildman–Crippen MR) is 60.9 cm³/mol. The Morgan fingerprint density at radius 1 is 1.33 bits per heavy atom. The van der Waals surface area contributed by atoms with Gasteiger partial charge in [-0.05, 0) is 18.1 Å². The number of hydrogen-bond donors (Lipinski definition) is 1. The predicted octanol–water partition coefficient (Wildman–Crippen LogP) is 2.12. The van der Waals surface area contributed by atoms with Gasteiger partial charge in [-0.25, -0.2) is 4.98 Å². The van der Waals surface area contributed by atoms with Crippen molar-refractivity contribution >= 4 is 10.9 Å². The number of rotatable bonds is 2. The molecular formula is C12H14N2O. The summed E-state index contributed by atoms with van der Waals surface area (Å²) in [4.78, 5) is 18.9. The van der Waals surface area contributed by atoms with E-state index in [-0.39, 0.29) is 5.56 Å². The second kappa shape index (κ2) is 3.85. The highest BCUT2D eigenvalue weighted by molar-refractivity contribution is 5.77. The molecule has 0 radical (unpaired) electrons. The molecule has 78 valence electrons. The zero-order valence-corrected chi connectivity index (χ0v) is 8.95. The molecule has 0 atom stereocenters. The lowest BCUT2D eigenvalue weighted by Crippen LogP contribution is -2.13. The van der Waals surface area contributed by atoms with Crippen molar-refractivity contribution < 1.29 is 0 Å². The molecule has 3 nitrogen and oxygen atoms in total. The molecule has 1 aromatic carbocycles. The van der Waals surface area contributed by atoms with E-state index < -0.39 is 0 Å². The first-order valence-electron chi connectivity index (χ1n) is 5.15. The fourth-order valence-corrected chi connectivity index (χ4v) is 1.62. The molecule has 0 aliphatic heterocycles. The van der Waals surface area contributed by atoms with Gasteiger partial charge in [0, 0.05) is 6.42 Å². The second-order valence-corrected chi connectivity index (χ2v) is 4.13. The Bertz CT molecular complexity index is 528. The van der Waals surface area contributed by atoms with E-state index in [9.17, 15) is 4.79 Å². The summed E-state index contributed by atoms with van der Waals surface area (Å²) >= 11 is 0. The number of benzene rings is 1. The Morgan fingerprint density at radius 3 is 2.80 bits per heavy atom.